The summed E-state index contributed by atoms with van der Waals surface area (Å²) in [5, 5.41) is 0. The monoisotopic (exact) mass is 976 g/mol. The number of rotatable bonds is 4. The van der Waals surface area contributed by atoms with Crippen molar-refractivity contribution in [3.8, 4) is 33.4 Å². The third-order valence-electron chi connectivity index (χ3n) is 9.67. The largest absolute Gasteiger partial charge is 1.00 e. The zero-order valence-electron chi connectivity index (χ0n) is 32.8. The van der Waals surface area contributed by atoms with Crippen molar-refractivity contribution >= 4 is 35.1 Å². The van der Waals surface area contributed by atoms with Crippen molar-refractivity contribution in [1.29, 1.82) is 0 Å². The molecule has 0 saturated heterocycles. The predicted octanol–water partition coefficient (Wildman–Crippen LogP) is 8.63. The Bertz CT molecular complexity index is 2130. The third-order valence-corrected chi connectivity index (χ3v) is 12.2. The van der Waals surface area contributed by atoms with Crippen LogP contribution in [0.2, 0.25) is 0 Å². The number of benzene rings is 6. The van der Waals surface area contributed by atoms with Gasteiger partial charge in [-0.25, -0.2) is 12.2 Å². The molecule has 2 aliphatic rings. The minimum absolute atomic E-state index is 0. The maximum Gasteiger partial charge on any atom is -0.0126 e. The van der Waals surface area contributed by atoms with Crippen LogP contribution in [0.25, 0.3) is 33.4 Å². The van der Waals surface area contributed by atoms with E-state index in [0.29, 0.717) is 0 Å². The van der Waals surface area contributed by atoms with E-state index in [2.05, 4.69) is 219 Å². The molecule has 5 heteroatoms. The van der Waals surface area contributed by atoms with Crippen LogP contribution in [0.15, 0.2) is 155 Å². The SMILES string of the molecule is Brc1ccc([C](=[Zr+2])c2ccc(Br)cc2)cc1.CC(C)(C)c1cc2c([c-]c1-c1ccccc1)Cc1cc(-c3ccccc3)c(C(C)(C)C)cc1-2.[C-]1=CC=CC1.[Cl-].[Cl-]. The second-order valence-corrected chi connectivity index (χ2v) is 18.9. The molecule has 6 aromatic rings. The quantitative estimate of drug-likeness (QED) is 0.155. The van der Waals surface area contributed by atoms with Crippen LogP contribution in [0.3, 0.4) is 0 Å². The average molecular weight is 981 g/mol. The van der Waals surface area contributed by atoms with Crippen molar-refractivity contribution < 1.29 is 49.0 Å². The van der Waals surface area contributed by atoms with Crippen LogP contribution in [-0.4, -0.2) is 3.21 Å². The van der Waals surface area contributed by atoms with Gasteiger partial charge in [-0.05, 0) is 39.5 Å². The van der Waals surface area contributed by atoms with Crippen LogP contribution in [-0.2, 0) is 41.5 Å². The summed E-state index contributed by atoms with van der Waals surface area (Å²) in [5.41, 5.74) is 16.1. The first-order valence-corrected chi connectivity index (χ1v) is 21.3. The zero-order valence-corrected chi connectivity index (χ0v) is 39.9. The van der Waals surface area contributed by atoms with E-state index in [0.717, 1.165) is 21.8 Å². The summed E-state index contributed by atoms with van der Waals surface area (Å²) in [6.45, 7) is 13.9. The van der Waals surface area contributed by atoms with Gasteiger partial charge in [-0.3, -0.25) is 6.08 Å². The Morgan fingerprint density at radius 3 is 1.54 bits per heavy atom. The van der Waals surface area contributed by atoms with E-state index in [9.17, 15) is 0 Å². The molecule has 0 aromatic heterocycles. The Morgan fingerprint density at radius 2 is 1.09 bits per heavy atom. The normalized spacial score (nSPS) is 12.2. The van der Waals surface area contributed by atoms with E-state index < -0.39 is 0 Å². The van der Waals surface area contributed by atoms with Gasteiger partial charge in [0.15, 0.2) is 0 Å². The molecule has 0 heterocycles. The number of halogens is 4. The van der Waals surface area contributed by atoms with Crippen LogP contribution >= 0.6 is 31.9 Å². The maximum absolute atomic E-state index is 3.88. The van der Waals surface area contributed by atoms with Crippen molar-refractivity contribution in [1.82, 2.24) is 0 Å². The van der Waals surface area contributed by atoms with E-state index in [1.807, 2.05) is 12.2 Å². The van der Waals surface area contributed by atoms with Crippen LogP contribution < -0.4 is 24.8 Å². The Kier molecular flexibility index (Phi) is 16.5. The summed E-state index contributed by atoms with van der Waals surface area (Å²) in [4.78, 5) is 0. The van der Waals surface area contributed by atoms with Crippen LogP contribution in [0, 0.1) is 12.1 Å². The second-order valence-electron chi connectivity index (χ2n) is 15.8. The second kappa shape index (κ2) is 20.2. The van der Waals surface area contributed by atoms with Gasteiger partial charge in [0.1, 0.15) is 0 Å². The molecule has 0 nitrogen and oxygen atoms in total. The van der Waals surface area contributed by atoms with Gasteiger partial charge in [-0.2, -0.15) is 6.08 Å². The molecule has 0 atom stereocenters. The summed E-state index contributed by atoms with van der Waals surface area (Å²) in [5.74, 6) is 0. The van der Waals surface area contributed by atoms with E-state index in [-0.39, 0.29) is 35.6 Å². The van der Waals surface area contributed by atoms with Crippen molar-refractivity contribution in [2.24, 2.45) is 0 Å². The van der Waals surface area contributed by atoms with Crippen LogP contribution in [0.1, 0.15) is 81.3 Å². The van der Waals surface area contributed by atoms with Gasteiger partial charge in [0, 0.05) is 0 Å². The predicted molar refractivity (Wildman–Crippen MR) is 235 cm³/mol. The topological polar surface area (TPSA) is 0 Å². The maximum atomic E-state index is 3.88. The van der Waals surface area contributed by atoms with Crippen molar-refractivity contribution in [2.75, 3.05) is 0 Å². The van der Waals surface area contributed by atoms with Gasteiger partial charge in [0.2, 0.25) is 0 Å². The third kappa shape index (κ3) is 11.4. The molecule has 0 fully saturated rings. The van der Waals surface area contributed by atoms with E-state index >= 15 is 0 Å². The number of allylic oxidation sites excluding steroid dienone is 4. The summed E-state index contributed by atoms with van der Waals surface area (Å²) in [6.07, 6.45) is 10.9. The molecule has 8 rings (SSSR count). The Hall–Kier alpha value is -2.91. The average Bonchev–Trinajstić information content (AvgIpc) is 3.86. The fourth-order valence-electron chi connectivity index (χ4n) is 6.84. The molecule has 2 aliphatic carbocycles. The molecule has 284 valence electrons. The molecule has 0 amide bonds. The van der Waals surface area contributed by atoms with E-state index in [1.54, 1.807) is 0 Å². The van der Waals surface area contributed by atoms with Crippen LogP contribution in [0.5, 0.6) is 0 Å². The first-order chi connectivity index (χ1) is 25.8. The molecule has 56 heavy (non-hydrogen) atoms. The Morgan fingerprint density at radius 1 is 0.589 bits per heavy atom. The standard InChI is InChI=1S/C33H33.C13H8Br2.C5H5.2ClH.Zr/c1-32(2,3)30-20-26-24(18-28(30)22-13-9-7-10-14-22)17-25-19-29(23-15-11-8-12-16-23)31(21-27(25)26)33(4,5)6;14-12-5-1-10(2-6-12)9-11-3-7-13(15)8-4-11;1-2-4-5-3-1;;;/h7-16,18,20-21H,17H2,1-6H3;1-8H;1-3H,4H2;2*1H;/q-1;;-1;;;+2/p-2. The summed E-state index contributed by atoms with van der Waals surface area (Å²) in [6, 6.07) is 49.8. The molecule has 6 aromatic carbocycles. The fourth-order valence-corrected chi connectivity index (χ4v) is 8.19. The number of hydrogen-bond acceptors (Lipinski definition) is 0. The molecular weight excluding hydrogens is 934 g/mol. The molecule has 0 unspecified atom stereocenters. The minimum Gasteiger partial charge on any atom is -1.00 e. The van der Waals surface area contributed by atoms with Gasteiger partial charge in [0.05, 0.1) is 0 Å². The Balaban J connectivity index is 0.000000252. The molecule has 0 N–H and O–H groups in total. The van der Waals surface area contributed by atoms with Gasteiger partial charge in [0.25, 0.3) is 0 Å². The summed E-state index contributed by atoms with van der Waals surface area (Å²) in [7, 11) is 0. The van der Waals surface area contributed by atoms with Crippen molar-refractivity contribution in [3.05, 3.63) is 200 Å². The first kappa shape index (κ1) is 45.8. The van der Waals surface area contributed by atoms with E-state index in [4.69, 9.17) is 0 Å². The van der Waals surface area contributed by atoms with E-state index in [1.165, 1.54) is 94.2 Å². The van der Waals surface area contributed by atoms with Gasteiger partial charge in [-0.1, -0.05) is 131 Å². The van der Waals surface area contributed by atoms with Gasteiger partial charge in [-0.15, -0.1) is 35.2 Å². The number of fused-ring (bicyclic) bond motifs is 3. The molecule has 0 saturated carbocycles. The minimum atomic E-state index is 0. The molecule has 0 bridgehead atoms. The smallest absolute Gasteiger partial charge is 0.0126 e. The zero-order chi connectivity index (χ0) is 38.5. The summed E-state index contributed by atoms with van der Waals surface area (Å²) >= 11 is 8.34. The summed E-state index contributed by atoms with van der Waals surface area (Å²) < 4.78 is 3.62. The molecular formula is C51H46Br2Cl2Zr-2. The fraction of sp³-hybridized carbons (Fsp3) is 0.196. The first-order valence-electron chi connectivity index (χ1n) is 18.5. The molecule has 0 radical (unpaired) electrons. The van der Waals surface area contributed by atoms with Crippen molar-refractivity contribution in [2.45, 2.75) is 65.2 Å². The van der Waals surface area contributed by atoms with Crippen LogP contribution in [0.4, 0.5) is 0 Å². The molecule has 0 spiro atoms. The molecule has 0 aliphatic heterocycles. The van der Waals surface area contributed by atoms with Gasteiger partial charge < -0.3 is 24.8 Å². The van der Waals surface area contributed by atoms with Crippen molar-refractivity contribution in [3.63, 3.8) is 0 Å². The Labute approximate surface area is 379 Å². The number of hydrogen-bond donors (Lipinski definition) is 0. The van der Waals surface area contributed by atoms with Gasteiger partial charge >= 0.3 is 128 Å².